The highest BCUT2D eigenvalue weighted by atomic mass is 35.7. The van der Waals surface area contributed by atoms with E-state index in [2.05, 4.69) is 35.8 Å². The van der Waals surface area contributed by atoms with E-state index in [1.807, 2.05) is 120 Å². The first-order valence-corrected chi connectivity index (χ1v) is 27.0. The first-order valence-electron chi connectivity index (χ1n) is 22.9. The van der Waals surface area contributed by atoms with Crippen LogP contribution in [0.5, 0.6) is 0 Å². The fraction of sp³-hybridized carbons (Fsp3) is 0.275. The summed E-state index contributed by atoms with van der Waals surface area (Å²) in [6.45, 7) is 6.29. The molecule has 0 bridgehead atoms. The summed E-state index contributed by atoms with van der Waals surface area (Å²) in [5.41, 5.74) is 7.31. The average molecular weight is 1040 g/mol. The molecule has 0 unspecified atom stereocenters. The highest BCUT2D eigenvalue weighted by Crippen LogP contribution is 2.21. The molecule has 0 aliphatic carbocycles. The van der Waals surface area contributed by atoms with Crippen LogP contribution < -0.4 is 21.7 Å². The first kappa shape index (κ1) is 55.8. The number of nitrogens with zero attached hydrogens (tertiary/aromatic N) is 6. The molecule has 3 aromatic heterocycles. The van der Waals surface area contributed by atoms with E-state index in [-0.39, 0.29) is 42.3 Å². The van der Waals surface area contributed by atoms with E-state index in [1.165, 1.54) is 0 Å². The summed E-state index contributed by atoms with van der Waals surface area (Å²) in [6.07, 6.45) is 5.89. The summed E-state index contributed by atoms with van der Waals surface area (Å²) >= 11 is 0. The number of hydrogen-bond acceptors (Lipinski definition) is 13. The minimum Gasteiger partial charge on any atom is -0.384 e. The third kappa shape index (κ3) is 19.6. The van der Waals surface area contributed by atoms with E-state index in [1.54, 1.807) is 47.2 Å². The van der Waals surface area contributed by atoms with Crippen molar-refractivity contribution in [3.8, 4) is 0 Å². The molecule has 2 aliphatic heterocycles. The number of rotatable bonds is 13. The molecule has 20 heteroatoms. The van der Waals surface area contributed by atoms with Gasteiger partial charge in [-0.05, 0) is 81.9 Å². The Bertz CT molecular complexity index is 2940. The zero-order chi connectivity index (χ0) is 49.6. The Kier molecular flexibility index (Phi) is 22.6. The number of aromatic nitrogens is 3. The lowest BCUT2D eigenvalue weighted by atomic mass is 10.0. The number of nitrogen functional groups attached to an aromatic ring is 1. The van der Waals surface area contributed by atoms with Crippen LogP contribution in [-0.4, -0.2) is 135 Å². The molecule has 7 aromatic rings. The predicted octanol–water partition coefficient (Wildman–Crippen LogP) is 6.33. The molecular formula is C51H60Cl2N10O6S2. The molecule has 0 atom stereocenters. The first-order chi connectivity index (χ1) is 33.8. The number of halogens is 2. The Morgan fingerprint density at radius 3 is 1.42 bits per heavy atom. The van der Waals surface area contributed by atoms with Gasteiger partial charge in [0.05, 0.1) is 24.6 Å². The highest BCUT2D eigenvalue weighted by molar-refractivity contribution is 8.13. The summed E-state index contributed by atoms with van der Waals surface area (Å²) < 4.78 is 49.1. The summed E-state index contributed by atoms with van der Waals surface area (Å²) in [5, 5.41) is 13.2. The van der Waals surface area contributed by atoms with E-state index >= 15 is 0 Å². The third-order valence-electron chi connectivity index (χ3n) is 11.2. The molecule has 16 nitrogen and oxygen atoms in total. The van der Waals surface area contributed by atoms with E-state index < -0.39 is 19.1 Å². The van der Waals surface area contributed by atoms with E-state index in [4.69, 9.17) is 16.4 Å². The van der Waals surface area contributed by atoms with Crippen molar-refractivity contribution < 1.29 is 26.4 Å². The largest absolute Gasteiger partial charge is 0.384 e. The Labute approximate surface area is 426 Å². The maximum absolute atomic E-state index is 12.9. The number of benzene rings is 4. The predicted molar refractivity (Wildman–Crippen MR) is 288 cm³/mol. The Hall–Kier alpha value is -6.09. The number of carbonyl (C=O) groups excluding carboxylic acids is 2. The molecule has 4 aromatic carbocycles. The van der Waals surface area contributed by atoms with E-state index in [9.17, 15) is 26.4 Å². The zero-order valence-electron chi connectivity index (χ0n) is 39.2. The normalized spacial score (nSPS) is 14.2. The van der Waals surface area contributed by atoms with Crippen LogP contribution in [0.15, 0.2) is 158 Å². The number of carbonyl (C=O) groups is 2. The van der Waals surface area contributed by atoms with Crippen molar-refractivity contribution in [1.82, 2.24) is 34.4 Å². The van der Waals surface area contributed by atoms with Gasteiger partial charge >= 0.3 is 0 Å². The quantitative estimate of drug-likeness (QED) is 0.0932. The molecule has 9 rings (SSSR count). The number of hydrogen-bond donors (Lipinski definition) is 4. The van der Waals surface area contributed by atoms with Crippen LogP contribution in [0.2, 0.25) is 0 Å². The topological polar surface area (TPSA) is 213 Å². The molecule has 0 radical (unpaired) electrons. The number of piperazine rings is 2. The standard InChI is InChI=1S/C23H26N4O3S.C12H11ClO2S.C11H16N4O.C5H6N2.ClH/c28-23(25-22-10-3-4-12-24-22)18-26-13-15-27(16-14-26)31(29,30)17-11-20-8-5-7-19-6-1-2-9-21(19)20;13-16(14,15)9-8-11-6-3-5-10-4-1-2-7-12(10)11;16-11(9-15-7-5-12-6-8-15)14-10-3-1-2-4-13-10;6-5-3-1-2-4-7-5;/h1-10,12H,11,13-18H2,(H,24,25,28);1-7H,8-9H2;1-4,12H,5-9H2,(H,13,14,16);1-4H,(H2,6,7);1H. The van der Waals surface area contributed by atoms with Gasteiger partial charge in [0.1, 0.15) is 17.5 Å². The number of nitrogens with one attached hydrogen (secondary N) is 3. The fourth-order valence-electron chi connectivity index (χ4n) is 7.68. The summed E-state index contributed by atoms with van der Waals surface area (Å²) in [6, 6.07) is 44.0. The molecule has 2 saturated heterocycles. The second kappa shape index (κ2) is 28.7. The zero-order valence-corrected chi connectivity index (χ0v) is 42.4. The molecule has 376 valence electrons. The van der Waals surface area contributed by atoms with Gasteiger partial charge in [-0.1, -0.05) is 103 Å². The second-order valence-corrected chi connectivity index (χ2v) is 21.3. The van der Waals surface area contributed by atoms with E-state index in [0.29, 0.717) is 63.0 Å². The van der Waals surface area contributed by atoms with Crippen molar-refractivity contribution in [2.24, 2.45) is 0 Å². The number of amides is 2. The smallest absolute Gasteiger partial charge is 0.239 e. The van der Waals surface area contributed by atoms with Crippen molar-refractivity contribution in [2.45, 2.75) is 12.8 Å². The summed E-state index contributed by atoms with van der Waals surface area (Å²) in [5.74, 6) is 1.61. The molecular weight excluding hydrogens is 984 g/mol. The van der Waals surface area contributed by atoms with Gasteiger partial charge in [0.25, 0.3) is 0 Å². The minimum absolute atomic E-state index is 0. The Balaban J connectivity index is 0.000000197. The van der Waals surface area contributed by atoms with Gasteiger partial charge in [0, 0.05) is 81.6 Å². The number of fused-ring (bicyclic) bond motifs is 2. The summed E-state index contributed by atoms with van der Waals surface area (Å²) in [4.78, 5) is 39.9. The molecule has 0 spiro atoms. The van der Waals surface area contributed by atoms with Gasteiger partial charge in [0.15, 0.2) is 0 Å². The van der Waals surface area contributed by atoms with Crippen LogP contribution in [0, 0.1) is 0 Å². The van der Waals surface area contributed by atoms with Gasteiger partial charge in [-0.15, -0.1) is 12.4 Å². The molecule has 2 amide bonds. The van der Waals surface area contributed by atoms with Crippen LogP contribution >= 0.6 is 23.1 Å². The second-order valence-electron chi connectivity index (χ2n) is 16.3. The van der Waals surface area contributed by atoms with Crippen molar-refractivity contribution in [3.05, 3.63) is 169 Å². The van der Waals surface area contributed by atoms with E-state index in [0.717, 1.165) is 58.9 Å². The molecule has 5 N–H and O–H groups in total. The maximum Gasteiger partial charge on any atom is 0.239 e. The van der Waals surface area contributed by atoms with Crippen molar-refractivity contribution in [2.75, 3.05) is 93.3 Å². The van der Waals surface area contributed by atoms with Gasteiger partial charge in [-0.25, -0.2) is 31.8 Å². The van der Waals surface area contributed by atoms with Crippen LogP contribution in [-0.2, 0) is 41.5 Å². The maximum atomic E-state index is 12.9. The highest BCUT2D eigenvalue weighted by Gasteiger charge is 2.27. The van der Waals surface area contributed by atoms with Crippen molar-refractivity contribution in [3.63, 3.8) is 0 Å². The Morgan fingerprint density at radius 2 is 0.986 bits per heavy atom. The third-order valence-corrected chi connectivity index (χ3v) is 14.3. The van der Waals surface area contributed by atoms with Gasteiger partial charge < -0.3 is 21.7 Å². The summed E-state index contributed by atoms with van der Waals surface area (Å²) in [7, 11) is -1.57. The average Bonchev–Trinajstić information content (AvgIpc) is 3.37. The molecule has 2 fully saturated rings. The lowest BCUT2D eigenvalue weighted by Crippen LogP contribution is -2.51. The lowest BCUT2D eigenvalue weighted by Gasteiger charge is -2.33. The lowest BCUT2D eigenvalue weighted by molar-refractivity contribution is -0.118. The van der Waals surface area contributed by atoms with Crippen LogP contribution in [0.1, 0.15) is 11.1 Å². The molecule has 5 heterocycles. The number of aryl methyl sites for hydroxylation is 2. The number of pyridine rings is 3. The number of sulfonamides is 1. The van der Waals surface area contributed by atoms with Gasteiger partial charge in [-0.2, -0.15) is 4.31 Å². The van der Waals surface area contributed by atoms with Crippen LogP contribution in [0.3, 0.4) is 0 Å². The van der Waals surface area contributed by atoms with Gasteiger partial charge in [0.2, 0.25) is 30.9 Å². The molecule has 0 saturated carbocycles. The number of nitrogens with two attached hydrogens (primary N) is 1. The number of anilines is 3. The monoisotopic (exact) mass is 1040 g/mol. The van der Waals surface area contributed by atoms with Gasteiger partial charge in [-0.3, -0.25) is 19.4 Å². The van der Waals surface area contributed by atoms with Crippen molar-refractivity contribution in [1.29, 1.82) is 0 Å². The fourth-order valence-corrected chi connectivity index (χ4v) is 9.83. The van der Waals surface area contributed by atoms with Crippen molar-refractivity contribution >= 4 is 93.0 Å². The van der Waals surface area contributed by atoms with Crippen LogP contribution in [0.4, 0.5) is 17.5 Å². The Morgan fingerprint density at radius 1 is 0.549 bits per heavy atom. The molecule has 2 aliphatic rings. The van der Waals surface area contributed by atoms with Crippen LogP contribution in [0.25, 0.3) is 21.5 Å². The minimum atomic E-state index is -3.42. The molecule has 71 heavy (non-hydrogen) atoms. The SMILES string of the molecule is Cl.Nc1ccccn1.O=C(CN1CCN(S(=O)(=O)CCc2cccc3ccccc23)CC1)Nc1ccccn1.O=C(CN1CCNCC1)Nc1ccccn1.O=S(=O)(Cl)CCc1cccc2ccccc12.